The summed E-state index contributed by atoms with van der Waals surface area (Å²) in [4.78, 5) is 2.39. The van der Waals surface area contributed by atoms with Crippen LogP contribution in [0, 0.1) is 0 Å². The molecule has 0 saturated heterocycles. The Labute approximate surface area is 103 Å². The van der Waals surface area contributed by atoms with Gasteiger partial charge in [-0.1, -0.05) is 13.0 Å². The third-order valence-corrected chi connectivity index (χ3v) is 3.30. The molecule has 0 spiro atoms. The molecule has 0 radical (unpaired) electrons. The normalized spacial score (nSPS) is 15.3. The van der Waals surface area contributed by atoms with Crippen LogP contribution in [0.15, 0.2) is 18.2 Å². The van der Waals surface area contributed by atoms with Crippen molar-refractivity contribution < 1.29 is 9.47 Å². The van der Waals surface area contributed by atoms with Crippen LogP contribution in [0.2, 0.25) is 0 Å². The summed E-state index contributed by atoms with van der Waals surface area (Å²) in [5.41, 5.74) is 1.31. The maximum absolute atomic E-state index is 5.39. The van der Waals surface area contributed by atoms with Crippen LogP contribution in [0.3, 0.4) is 0 Å². The molecule has 1 unspecified atom stereocenters. The molecular formula is C14H21NO2. The molecular weight excluding hydrogens is 214 g/mol. The summed E-state index contributed by atoms with van der Waals surface area (Å²) in [6.45, 7) is 5.97. The fourth-order valence-corrected chi connectivity index (χ4v) is 2.14. The van der Waals surface area contributed by atoms with Crippen LogP contribution >= 0.6 is 0 Å². The van der Waals surface area contributed by atoms with Crippen molar-refractivity contribution in [3.05, 3.63) is 23.8 Å². The first-order valence-electron chi connectivity index (χ1n) is 6.29. The standard InChI is InChI=1S/C14H21NO2/c1-4-7-15(3)11(2)8-12-5-6-13-14(9-12)17-10-16-13/h5-6,9,11H,4,7-8,10H2,1-3H3. The minimum Gasteiger partial charge on any atom is -0.454 e. The van der Waals surface area contributed by atoms with E-state index in [4.69, 9.17) is 9.47 Å². The predicted molar refractivity (Wildman–Crippen MR) is 68.7 cm³/mol. The number of fused-ring (bicyclic) bond motifs is 1. The Kier molecular flexibility index (Phi) is 3.89. The Bertz CT molecular complexity index is 378. The van der Waals surface area contributed by atoms with Gasteiger partial charge in [0.15, 0.2) is 11.5 Å². The summed E-state index contributed by atoms with van der Waals surface area (Å²) in [7, 11) is 2.18. The molecule has 0 aliphatic carbocycles. The monoisotopic (exact) mass is 235 g/mol. The molecule has 17 heavy (non-hydrogen) atoms. The highest BCUT2D eigenvalue weighted by molar-refractivity contribution is 5.44. The molecule has 2 rings (SSSR count). The summed E-state index contributed by atoms with van der Waals surface area (Å²) >= 11 is 0. The second-order valence-corrected chi connectivity index (χ2v) is 4.72. The second kappa shape index (κ2) is 5.41. The Hall–Kier alpha value is -1.22. The van der Waals surface area contributed by atoms with Crippen LogP contribution in [0.4, 0.5) is 0 Å². The van der Waals surface area contributed by atoms with Crippen molar-refractivity contribution >= 4 is 0 Å². The van der Waals surface area contributed by atoms with E-state index in [1.165, 1.54) is 12.0 Å². The predicted octanol–water partition coefficient (Wildman–Crippen LogP) is 2.69. The van der Waals surface area contributed by atoms with Crippen molar-refractivity contribution in [2.75, 3.05) is 20.4 Å². The minimum absolute atomic E-state index is 0.351. The lowest BCUT2D eigenvalue weighted by Crippen LogP contribution is -2.31. The molecule has 1 aromatic rings. The average molecular weight is 235 g/mol. The van der Waals surface area contributed by atoms with Crippen LogP contribution in [0.25, 0.3) is 0 Å². The molecule has 94 valence electrons. The third kappa shape index (κ3) is 2.91. The number of rotatable bonds is 5. The summed E-state index contributed by atoms with van der Waals surface area (Å²) < 4.78 is 10.7. The van der Waals surface area contributed by atoms with Gasteiger partial charge in [0.05, 0.1) is 0 Å². The van der Waals surface area contributed by atoms with Crippen molar-refractivity contribution in [2.45, 2.75) is 32.7 Å². The molecule has 0 N–H and O–H groups in total. The van der Waals surface area contributed by atoms with Crippen LogP contribution in [0.5, 0.6) is 11.5 Å². The molecule has 1 aliphatic heterocycles. The summed E-state index contributed by atoms with van der Waals surface area (Å²) in [5, 5.41) is 0. The molecule has 0 fully saturated rings. The quantitative estimate of drug-likeness (QED) is 0.783. The molecule has 1 aromatic carbocycles. The smallest absolute Gasteiger partial charge is 0.231 e. The van der Waals surface area contributed by atoms with E-state index in [9.17, 15) is 0 Å². The lowest BCUT2D eigenvalue weighted by atomic mass is 10.1. The molecule has 0 saturated carbocycles. The second-order valence-electron chi connectivity index (χ2n) is 4.72. The first kappa shape index (κ1) is 12.2. The van der Waals surface area contributed by atoms with Crippen molar-refractivity contribution in [1.29, 1.82) is 0 Å². The van der Waals surface area contributed by atoms with Gasteiger partial charge in [-0.2, -0.15) is 0 Å². The Morgan fingerprint density at radius 1 is 1.29 bits per heavy atom. The summed E-state index contributed by atoms with van der Waals surface area (Å²) in [6, 6.07) is 6.78. The van der Waals surface area contributed by atoms with Gasteiger partial charge in [-0.25, -0.2) is 0 Å². The minimum atomic E-state index is 0.351. The third-order valence-electron chi connectivity index (χ3n) is 3.30. The number of hydrogen-bond acceptors (Lipinski definition) is 3. The molecule has 3 heteroatoms. The van der Waals surface area contributed by atoms with E-state index in [1.807, 2.05) is 6.07 Å². The summed E-state index contributed by atoms with van der Waals surface area (Å²) in [6.07, 6.45) is 2.25. The van der Waals surface area contributed by atoms with E-state index in [-0.39, 0.29) is 0 Å². The van der Waals surface area contributed by atoms with Gasteiger partial charge in [0.1, 0.15) is 0 Å². The van der Waals surface area contributed by atoms with Gasteiger partial charge < -0.3 is 14.4 Å². The molecule has 3 nitrogen and oxygen atoms in total. The lowest BCUT2D eigenvalue weighted by Gasteiger charge is -2.24. The van der Waals surface area contributed by atoms with Crippen molar-refractivity contribution in [3.63, 3.8) is 0 Å². The van der Waals surface area contributed by atoms with Crippen LogP contribution in [-0.2, 0) is 6.42 Å². The number of ether oxygens (including phenoxy) is 2. The maximum Gasteiger partial charge on any atom is 0.231 e. The van der Waals surface area contributed by atoms with E-state index >= 15 is 0 Å². The van der Waals surface area contributed by atoms with Gasteiger partial charge in [-0.3, -0.25) is 0 Å². The molecule has 1 heterocycles. The largest absolute Gasteiger partial charge is 0.454 e. The van der Waals surface area contributed by atoms with E-state index in [1.54, 1.807) is 0 Å². The van der Waals surface area contributed by atoms with Crippen LogP contribution in [0.1, 0.15) is 25.8 Å². The first-order chi connectivity index (χ1) is 8.20. The fraction of sp³-hybridized carbons (Fsp3) is 0.571. The highest BCUT2D eigenvalue weighted by Crippen LogP contribution is 2.32. The zero-order valence-corrected chi connectivity index (χ0v) is 10.9. The Morgan fingerprint density at radius 3 is 2.82 bits per heavy atom. The van der Waals surface area contributed by atoms with Crippen LogP contribution < -0.4 is 9.47 Å². The van der Waals surface area contributed by atoms with Gasteiger partial charge in [-0.15, -0.1) is 0 Å². The van der Waals surface area contributed by atoms with Gasteiger partial charge in [-0.05, 0) is 51.1 Å². The Balaban J connectivity index is 1.99. The van der Waals surface area contributed by atoms with E-state index in [0.29, 0.717) is 12.8 Å². The highest BCUT2D eigenvalue weighted by Gasteiger charge is 2.15. The molecule has 0 aromatic heterocycles. The molecule has 0 bridgehead atoms. The number of nitrogens with zero attached hydrogens (tertiary/aromatic N) is 1. The number of hydrogen-bond donors (Lipinski definition) is 0. The fourth-order valence-electron chi connectivity index (χ4n) is 2.14. The van der Waals surface area contributed by atoms with Gasteiger partial charge in [0, 0.05) is 6.04 Å². The van der Waals surface area contributed by atoms with Crippen molar-refractivity contribution in [3.8, 4) is 11.5 Å². The van der Waals surface area contributed by atoms with Crippen molar-refractivity contribution in [2.24, 2.45) is 0 Å². The van der Waals surface area contributed by atoms with E-state index < -0.39 is 0 Å². The lowest BCUT2D eigenvalue weighted by molar-refractivity contribution is 0.174. The highest BCUT2D eigenvalue weighted by atomic mass is 16.7. The van der Waals surface area contributed by atoms with E-state index in [2.05, 4.69) is 37.9 Å². The summed E-state index contributed by atoms with van der Waals surface area (Å²) in [5.74, 6) is 1.75. The zero-order valence-electron chi connectivity index (χ0n) is 10.9. The first-order valence-corrected chi connectivity index (χ1v) is 6.29. The Morgan fingerprint density at radius 2 is 2.06 bits per heavy atom. The topological polar surface area (TPSA) is 21.7 Å². The molecule has 0 amide bonds. The van der Waals surface area contributed by atoms with Gasteiger partial charge in [0.25, 0.3) is 0 Å². The van der Waals surface area contributed by atoms with Gasteiger partial charge in [0.2, 0.25) is 6.79 Å². The van der Waals surface area contributed by atoms with Crippen LogP contribution in [-0.4, -0.2) is 31.3 Å². The molecule has 1 aliphatic rings. The average Bonchev–Trinajstić information content (AvgIpc) is 2.76. The van der Waals surface area contributed by atoms with Gasteiger partial charge >= 0.3 is 0 Å². The van der Waals surface area contributed by atoms with E-state index in [0.717, 1.165) is 24.5 Å². The zero-order chi connectivity index (χ0) is 12.3. The number of likely N-dealkylation sites (N-methyl/N-ethyl adjacent to an activating group) is 1. The molecule has 1 atom stereocenters. The number of benzene rings is 1. The van der Waals surface area contributed by atoms with Crippen molar-refractivity contribution in [1.82, 2.24) is 4.90 Å². The SMILES string of the molecule is CCCN(C)C(C)Cc1ccc2c(c1)OCO2. The maximum atomic E-state index is 5.39.